The number of hydrogen-bond acceptors (Lipinski definition) is 4. The van der Waals surface area contributed by atoms with Gasteiger partial charge in [-0.25, -0.2) is 0 Å². The quantitative estimate of drug-likeness (QED) is 0.815. The number of hydrogen-bond donors (Lipinski definition) is 2. The minimum absolute atomic E-state index is 0. The molecule has 0 aliphatic carbocycles. The summed E-state index contributed by atoms with van der Waals surface area (Å²) >= 11 is 0. The van der Waals surface area contributed by atoms with Crippen LogP contribution in [0.1, 0.15) is 24.2 Å². The van der Waals surface area contributed by atoms with E-state index >= 15 is 0 Å². The van der Waals surface area contributed by atoms with Gasteiger partial charge in [0, 0.05) is 38.3 Å². The Hall–Kier alpha value is -1.11. The van der Waals surface area contributed by atoms with Crippen LogP contribution in [0.25, 0.3) is 0 Å². The van der Waals surface area contributed by atoms with Crippen LogP contribution in [0.4, 0.5) is 0 Å². The van der Waals surface area contributed by atoms with Crippen LogP contribution >= 0.6 is 12.4 Å². The molecule has 1 aliphatic heterocycles. The van der Waals surface area contributed by atoms with Gasteiger partial charge in [-0.1, -0.05) is 0 Å². The second-order valence-electron chi connectivity index (χ2n) is 5.25. The molecule has 1 aromatic heterocycles. The van der Waals surface area contributed by atoms with E-state index in [1.54, 1.807) is 0 Å². The molecular formula is C14H25ClN4O2. The van der Waals surface area contributed by atoms with Gasteiger partial charge in [0.2, 0.25) is 5.91 Å². The summed E-state index contributed by atoms with van der Waals surface area (Å²) in [5, 5.41) is 10.6. The van der Waals surface area contributed by atoms with Gasteiger partial charge in [0.1, 0.15) is 0 Å². The molecule has 1 unspecified atom stereocenters. The molecule has 2 heterocycles. The van der Waals surface area contributed by atoms with Crippen LogP contribution in [0.15, 0.2) is 6.07 Å². The molecule has 1 saturated heterocycles. The second kappa shape index (κ2) is 9.02. The number of aromatic nitrogens is 2. The number of nitrogens with zero attached hydrogens (tertiary/aromatic N) is 2. The molecule has 1 atom stereocenters. The van der Waals surface area contributed by atoms with Gasteiger partial charge in [0.15, 0.2) is 0 Å². The van der Waals surface area contributed by atoms with Crippen LogP contribution in [-0.2, 0) is 16.1 Å². The molecule has 2 N–H and O–H groups in total. The molecule has 2 rings (SSSR count). The molecular weight excluding hydrogens is 292 g/mol. The van der Waals surface area contributed by atoms with E-state index < -0.39 is 0 Å². The molecule has 7 heteroatoms. The Morgan fingerprint density at radius 2 is 2.38 bits per heavy atom. The molecule has 1 amide bonds. The molecule has 6 nitrogen and oxygen atoms in total. The van der Waals surface area contributed by atoms with Crippen molar-refractivity contribution in [3.8, 4) is 0 Å². The number of nitrogens with one attached hydrogen (secondary N) is 2. The Morgan fingerprint density at radius 1 is 1.57 bits per heavy atom. The lowest BCUT2D eigenvalue weighted by atomic mass is 10.2. The van der Waals surface area contributed by atoms with Crippen molar-refractivity contribution in [2.75, 3.05) is 26.2 Å². The van der Waals surface area contributed by atoms with E-state index in [2.05, 4.69) is 15.7 Å². The van der Waals surface area contributed by atoms with Gasteiger partial charge < -0.3 is 15.4 Å². The van der Waals surface area contributed by atoms with Crippen molar-refractivity contribution in [1.82, 2.24) is 20.4 Å². The van der Waals surface area contributed by atoms with Crippen LogP contribution in [0.5, 0.6) is 0 Å². The van der Waals surface area contributed by atoms with Crippen molar-refractivity contribution >= 4 is 18.3 Å². The summed E-state index contributed by atoms with van der Waals surface area (Å²) in [7, 11) is 0. The van der Waals surface area contributed by atoms with Gasteiger partial charge in [-0.2, -0.15) is 5.10 Å². The lowest BCUT2D eigenvalue weighted by molar-refractivity contribution is -0.122. The van der Waals surface area contributed by atoms with Crippen molar-refractivity contribution in [3.63, 3.8) is 0 Å². The van der Waals surface area contributed by atoms with E-state index in [1.807, 2.05) is 24.6 Å². The zero-order chi connectivity index (χ0) is 14.4. The summed E-state index contributed by atoms with van der Waals surface area (Å²) in [6.07, 6.45) is 1.43. The predicted octanol–water partition coefficient (Wildman–Crippen LogP) is 0.807. The summed E-state index contributed by atoms with van der Waals surface area (Å²) in [4.78, 5) is 11.7. The monoisotopic (exact) mass is 316 g/mol. The summed E-state index contributed by atoms with van der Waals surface area (Å²) in [6, 6.07) is 2.05. The maximum atomic E-state index is 11.7. The highest BCUT2D eigenvalue weighted by atomic mass is 35.5. The molecule has 1 fully saturated rings. The molecule has 1 aliphatic rings. The zero-order valence-corrected chi connectivity index (χ0v) is 13.5. The molecule has 21 heavy (non-hydrogen) atoms. The topological polar surface area (TPSA) is 68.2 Å². The highest BCUT2D eigenvalue weighted by Gasteiger charge is 2.14. The first-order chi connectivity index (χ1) is 9.65. The van der Waals surface area contributed by atoms with Crippen molar-refractivity contribution in [2.24, 2.45) is 0 Å². The van der Waals surface area contributed by atoms with Gasteiger partial charge in [-0.15, -0.1) is 12.4 Å². The van der Waals surface area contributed by atoms with Gasteiger partial charge in [0.25, 0.3) is 0 Å². The summed E-state index contributed by atoms with van der Waals surface area (Å²) in [5.41, 5.74) is 2.17. The first kappa shape index (κ1) is 17.9. The number of rotatable bonds is 6. The lowest BCUT2D eigenvalue weighted by Crippen LogP contribution is -2.45. The fraction of sp³-hybridized carbons (Fsp3) is 0.714. The fourth-order valence-electron chi connectivity index (χ4n) is 2.36. The summed E-state index contributed by atoms with van der Waals surface area (Å²) in [5.74, 6) is 0.0840. The summed E-state index contributed by atoms with van der Waals surface area (Å²) < 4.78 is 7.48. The van der Waals surface area contributed by atoms with E-state index in [-0.39, 0.29) is 24.4 Å². The fourth-order valence-corrected chi connectivity index (χ4v) is 2.36. The second-order valence-corrected chi connectivity index (χ2v) is 5.25. The number of ether oxygens (including phenoxy) is 1. The maximum Gasteiger partial charge on any atom is 0.220 e. The Kier molecular flexibility index (Phi) is 7.71. The number of carbonyl (C=O) groups is 1. The lowest BCUT2D eigenvalue weighted by Gasteiger charge is -2.23. The normalized spacial score (nSPS) is 18.1. The van der Waals surface area contributed by atoms with Crippen LogP contribution in [-0.4, -0.2) is 48.0 Å². The number of carbonyl (C=O) groups excluding carboxylic acids is 1. The molecule has 0 spiro atoms. The third-order valence-corrected chi connectivity index (χ3v) is 3.41. The third kappa shape index (κ3) is 6.03. The smallest absolute Gasteiger partial charge is 0.220 e. The maximum absolute atomic E-state index is 11.7. The van der Waals surface area contributed by atoms with Gasteiger partial charge in [-0.05, 0) is 26.3 Å². The molecule has 0 aromatic carbocycles. The van der Waals surface area contributed by atoms with E-state index in [0.29, 0.717) is 13.0 Å². The Labute approximate surface area is 132 Å². The molecule has 0 saturated carbocycles. The van der Waals surface area contributed by atoms with Crippen LogP contribution in [0, 0.1) is 13.8 Å². The average Bonchev–Trinajstić information content (AvgIpc) is 2.76. The first-order valence-corrected chi connectivity index (χ1v) is 7.25. The van der Waals surface area contributed by atoms with E-state index in [9.17, 15) is 4.79 Å². The van der Waals surface area contributed by atoms with E-state index in [0.717, 1.165) is 44.0 Å². The number of amides is 1. The molecule has 0 bridgehead atoms. The van der Waals surface area contributed by atoms with Crippen LogP contribution in [0.3, 0.4) is 0 Å². The largest absolute Gasteiger partial charge is 0.374 e. The van der Waals surface area contributed by atoms with E-state index in [1.165, 1.54) is 0 Å². The Morgan fingerprint density at radius 3 is 3.00 bits per heavy atom. The van der Waals surface area contributed by atoms with Crippen LogP contribution < -0.4 is 10.6 Å². The van der Waals surface area contributed by atoms with Gasteiger partial charge in [0.05, 0.1) is 18.4 Å². The summed E-state index contributed by atoms with van der Waals surface area (Å²) in [6.45, 7) is 7.82. The number of morpholine rings is 1. The number of aryl methyl sites for hydroxylation is 3. The van der Waals surface area contributed by atoms with Crippen LogP contribution in [0.2, 0.25) is 0 Å². The van der Waals surface area contributed by atoms with Gasteiger partial charge in [-0.3, -0.25) is 9.48 Å². The third-order valence-electron chi connectivity index (χ3n) is 3.41. The molecule has 0 radical (unpaired) electrons. The van der Waals surface area contributed by atoms with Crippen molar-refractivity contribution in [3.05, 3.63) is 17.5 Å². The first-order valence-electron chi connectivity index (χ1n) is 7.25. The van der Waals surface area contributed by atoms with Crippen molar-refractivity contribution in [1.29, 1.82) is 0 Å². The zero-order valence-electron chi connectivity index (χ0n) is 12.7. The van der Waals surface area contributed by atoms with E-state index in [4.69, 9.17) is 4.74 Å². The van der Waals surface area contributed by atoms with Crippen molar-refractivity contribution in [2.45, 2.75) is 39.3 Å². The average molecular weight is 317 g/mol. The minimum atomic E-state index is 0. The van der Waals surface area contributed by atoms with Gasteiger partial charge >= 0.3 is 0 Å². The minimum Gasteiger partial charge on any atom is -0.374 e. The Bertz CT molecular complexity index is 444. The Balaban J connectivity index is 0.00000220. The SMILES string of the molecule is Cc1cc(C)n(CCCC(=O)NCC2CNCCO2)n1.Cl. The number of halogens is 1. The molecule has 120 valence electrons. The highest BCUT2D eigenvalue weighted by molar-refractivity contribution is 5.85. The van der Waals surface area contributed by atoms with Crippen molar-refractivity contribution < 1.29 is 9.53 Å². The highest BCUT2D eigenvalue weighted by Crippen LogP contribution is 2.04. The standard InChI is InChI=1S/C14H24N4O2.ClH/c1-11-8-12(2)18(17-11)6-3-4-14(19)16-10-13-9-15-5-7-20-13;/h8,13,15H,3-7,9-10H2,1-2H3,(H,16,19);1H. The predicted molar refractivity (Wildman–Crippen MR) is 83.8 cm³/mol. The molecule has 1 aromatic rings.